The fraction of sp³-hybridized carbons (Fsp3) is 0.929. The van der Waals surface area contributed by atoms with Crippen molar-refractivity contribution in [1.29, 1.82) is 0 Å². The number of rotatable bonds is 3. The number of hydrogen-bond donors (Lipinski definition) is 2. The van der Waals surface area contributed by atoms with Gasteiger partial charge < -0.3 is 20.3 Å². The average Bonchev–Trinajstić information content (AvgIpc) is 3.06. The summed E-state index contributed by atoms with van der Waals surface area (Å²) in [6, 6.07) is 1.02. The van der Waals surface area contributed by atoms with Crippen molar-refractivity contribution >= 4 is 5.91 Å². The molecule has 5 nitrogen and oxygen atoms in total. The molecule has 4 atom stereocenters. The highest BCUT2D eigenvalue weighted by Gasteiger charge is 2.34. The van der Waals surface area contributed by atoms with Gasteiger partial charge in [-0.05, 0) is 38.6 Å². The molecule has 5 heteroatoms. The number of methoxy groups -OCH3 is 1. The van der Waals surface area contributed by atoms with E-state index in [9.17, 15) is 4.79 Å². The third-order valence-corrected chi connectivity index (χ3v) is 4.91. The van der Waals surface area contributed by atoms with Gasteiger partial charge in [0, 0.05) is 32.3 Å². The molecule has 0 aromatic carbocycles. The topological polar surface area (TPSA) is 53.6 Å². The third kappa shape index (κ3) is 2.93. The Hall–Kier alpha value is -0.650. The van der Waals surface area contributed by atoms with Gasteiger partial charge in [-0.15, -0.1) is 0 Å². The van der Waals surface area contributed by atoms with Crippen LogP contribution in [0.5, 0.6) is 0 Å². The minimum absolute atomic E-state index is 0.0634. The molecule has 0 aromatic heterocycles. The van der Waals surface area contributed by atoms with Crippen LogP contribution in [0, 0.1) is 0 Å². The van der Waals surface area contributed by atoms with Gasteiger partial charge >= 0.3 is 0 Å². The lowest BCUT2D eigenvalue weighted by Crippen LogP contribution is -2.51. The van der Waals surface area contributed by atoms with E-state index in [0.717, 1.165) is 32.4 Å². The standard InChI is InChI=1S/C14H25N3O2/c1-19-12-8-13(15-9-12)14(18)16-10-4-6-17-5-2-3-11(17)7-10/h10-13,15H,2-9H2,1H3,(H,16,18). The number of ether oxygens (including phenoxy) is 1. The molecule has 3 aliphatic rings. The van der Waals surface area contributed by atoms with E-state index in [4.69, 9.17) is 4.74 Å². The van der Waals surface area contributed by atoms with Gasteiger partial charge in [0.25, 0.3) is 0 Å². The van der Waals surface area contributed by atoms with Gasteiger partial charge in [-0.1, -0.05) is 0 Å². The van der Waals surface area contributed by atoms with Crippen LogP contribution in [0.3, 0.4) is 0 Å². The van der Waals surface area contributed by atoms with E-state index < -0.39 is 0 Å². The number of amides is 1. The maximum Gasteiger partial charge on any atom is 0.237 e. The van der Waals surface area contributed by atoms with E-state index in [0.29, 0.717) is 12.1 Å². The van der Waals surface area contributed by atoms with Crippen molar-refractivity contribution in [3.63, 3.8) is 0 Å². The molecule has 19 heavy (non-hydrogen) atoms. The molecule has 3 heterocycles. The highest BCUT2D eigenvalue weighted by atomic mass is 16.5. The molecule has 0 spiro atoms. The van der Waals surface area contributed by atoms with Crippen LogP contribution < -0.4 is 10.6 Å². The van der Waals surface area contributed by atoms with Crippen LogP contribution in [-0.4, -0.2) is 61.8 Å². The van der Waals surface area contributed by atoms with Crippen molar-refractivity contribution in [2.45, 2.75) is 56.3 Å². The zero-order valence-electron chi connectivity index (χ0n) is 11.7. The van der Waals surface area contributed by atoms with E-state index in [1.165, 1.54) is 19.4 Å². The van der Waals surface area contributed by atoms with Crippen molar-refractivity contribution in [3.05, 3.63) is 0 Å². The summed E-state index contributed by atoms with van der Waals surface area (Å²) in [5.74, 6) is 0.163. The van der Waals surface area contributed by atoms with Crippen LogP contribution in [-0.2, 0) is 9.53 Å². The Labute approximate surface area is 115 Å². The van der Waals surface area contributed by atoms with Gasteiger partial charge in [0.1, 0.15) is 0 Å². The van der Waals surface area contributed by atoms with E-state index in [1.807, 2.05) is 0 Å². The van der Waals surface area contributed by atoms with Gasteiger partial charge in [-0.2, -0.15) is 0 Å². The van der Waals surface area contributed by atoms with Crippen molar-refractivity contribution in [2.24, 2.45) is 0 Å². The lowest BCUT2D eigenvalue weighted by Gasteiger charge is -2.35. The zero-order chi connectivity index (χ0) is 13.2. The summed E-state index contributed by atoms with van der Waals surface area (Å²) in [6.07, 6.45) is 5.84. The number of nitrogens with zero attached hydrogens (tertiary/aromatic N) is 1. The third-order valence-electron chi connectivity index (χ3n) is 4.91. The van der Waals surface area contributed by atoms with E-state index in [-0.39, 0.29) is 18.1 Å². The lowest BCUT2D eigenvalue weighted by molar-refractivity contribution is -0.124. The molecule has 3 rings (SSSR count). The highest BCUT2D eigenvalue weighted by Crippen LogP contribution is 2.27. The van der Waals surface area contributed by atoms with Gasteiger partial charge in [0.2, 0.25) is 5.91 Å². The molecule has 4 unspecified atom stereocenters. The molecule has 0 radical (unpaired) electrons. The first-order chi connectivity index (χ1) is 9.26. The summed E-state index contributed by atoms with van der Waals surface area (Å²) < 4.78 is 5.29. The fourth-order valence-electron chi connectivity index (χ4n) is 3.74. The maximum atomic E-state index is 12.2. The van der Waals surface area contributed by atoms with Gasteiger partial charge in [-0.25, -0.2) is 0 Å². The van der Waals surface area contributed by atoms with Crippen LogP contribution in [0.4, 0.5) is 0 Å². The Morgan fingerprint density at radius 1 is 1.32 bits per heavy atom. The van der Waals surface area contributed by atoms with Gasteiger partial charge in [0.15, 0.2) is 0 Å². The number of fused-ring (bicyclic) bond motifs is 1. The summed E-state index contributed by atoms with van der Waals surface area (Å²) in [6.45, 7) is 3.19. The lowest BCUT2D eigenvalue weighted by atomic mass is 9.97. The van der Waals surface area contributed by atoms with Gasteiger partial charge in [0.05, 0.1) is 12.1 Å². The van der Waals surface area contributed by atoms with Crippen molar-refractivity contribution in [1.82, 2.24) is 15.5 Å². The van der Waals surface area contributed by atoms with E-state index in [1.54, 1.807) is 7.11 Å². The molecule has 3 saturated heterocycles. The predicted molar refractivity (Wildman–Crippen MR) is 73.0 cm³/mol. The minimum atomic E-state index is -0.0634. The summed E-state index contributed by atoms with van der Waals surface area (Å²) >= 11 is 0. The molecule has 3 aliphatic heterocycles. The average molecular weight is 267 g/mol. The van der Waals surface area contributed by atoms with Crippen molar-refractivity contribution < 1.29 is 9.53 Å². The Morgan fingerprint density at radius 2 is 2.21 bits per heavy atom. The normalized spacial score (nSPS) is 39.2. The highest BCUT2D eigenvalue weighted by molar-refractivity contribution is 5.82. The first-order valence-corrected chi connectivity index (χ1v) is 7.57. The second-order valence-electron chi connectivity index (χ2n) is 6.12. The largest absolute Gasteiger partial charge is 0.380 e. The van der Waals surface area contributed by atoms with E-state index >= 15 is 0 Å². The SMILES string of the molecule is COC1CNC(C(=O)NC2CCN3CCCC3C2)C1. The Bertz CT molecular complexity index is 337. The Balaban J connectivity index is 1.47. The summed E-state index contributed by atoms with van der Waals surface area (Å²) in [7, 11) is 1.71. The summed E-state index contributed by atoms with van der Waals surface area (Å²) in [4.78, 5) is 14.8. The molecule has 108 valence electrons. The molecule has 2 N–H and O–H groups in total. The number of hydrogen-bond acceptors (Lipinski definition) is 4. The van der Waals surface area contributed by atoms with Crippen LogP contribution >= 0.6 is 0 Å². The van der Waals surface area contributed by atoms with Crippen molar-refractivity contribution in [2.75, 3.05) is 26.7 Å². The Morgan fingerprint density at radius 3 is 3.00 bits per heavy atom. The fourth-order valence-corrected chi connectivity index (χ4v) is 3.74. The summed E-state index contributed by atoms with van der Waals surface area (Å²) in [5.41, 5.74) is 0. The van der Waals surface area contributed by atoms with E-state index in [2.05, 4.69) is 15.5 Å². The number of carbonyl (C=O) groups is 1. The van der Waals surface area contributed by atoms with Crippen molar-refractivity contribution in [3.8, 4) is 0 Å². The first-order valence-electron chi connectivity index (χ1n) is 7.57. The van der Waals surface area contributed by atoms with Crippen LogP contribution in [0.1, 0.15) is 32.1 Å². The van der Waals surface area contributed by atoms with Gasteiger partial charge in [-0.3, -0.25) is 4.79 Å². The Kier molecular flexibility index (Phi) is 4.05. The second-order valence-corrected chi connectivity index (χ2v) is 6.12. The minimum Gasteiger partial charge on any atom is -0.380 e. The molecular weight excluding hydrogens is 242 g/mol. The maximum absolute atomic E-state index is 12.2. The monoisotopic (exact) mass is 267 g/mol. The number of nitrogens with one attached hydrogen (secondary N) is 2. The van der Waals surface area contributed by atoms with Crippen LogP contribution in [0.2, 0.25) is 0 Å². The molecular formula is C14H25N3O2. The molecule has 0 saturated carbocycles. The summed E-state index contributed by atoms with van der Waals surface area (Å²) in [5, 5.41) is 6.48. The molecule has 0 aliphatic carbocycles. The zero-order valence-corrected chi connectivity index (χ0v) is 11.7. The number of carbonyl (C=O) groups excluding carboxylic acids is 1. The second kappa shape index (κ2) is 5.77. The molecule has 0 aromatic rings. The predicted octanol–water partition coefficient (Wildman–Crippen LogP) is 0.106. The quantitative estimate of drug-likeness (QED) is 0.762. The first kappa shape index (κ1) is 13.3. The van der Waals surface area contributed by atoms with Crippen LogP contribution in [0.25, 0.3) is 0 Å². The molecule has 3 fully saturated rings. The molecule has 1 amide bonds. The van der Waals surface area contributed by atoms with Crippen LogP contribution in [0.15, 0.2) is 0 Å². The smallest absolute Gasteiger partial charge is 0.237 e. The number of piperidine rings is 1. The molecule has 0 bridgehead atoms.